The number of carbonyl (C=O) groups is 4. The van der Waals surface area contributed by atoms with Gasteiger partial charge in [-0.3, -0.25) is 0 Å². The van der Waals surface area contributed by atoms with Gasteiger partial charge in [0, 0.05) is 0 Å². The first-order valence-corrected chi connectivity index (χ1v) is 7.62. The molecular weight excluding hydrogens is 401 g/mol. The second-order valence-electron chi connectivity index (χ2n) is 5.80. The summed E-state index contributed by atoms with van der Waals surface area (Å²) >= 11 is 0. The molecule has 8 nitrogen and oxygen atoms in total. The lowest BCUT2D eigenvalue weighted by Crippen LogP contribution is -2.26. The van der Waals surface area contributed by atoms with Crippen molar-refractivity contribution in [1.82, 2.24) is 0 Å². The third kappa shape index (κ3) is 4.34. The third-order valence-electron chi connectivity index (χ3n) is 4.01. The van der Waals surface area contributed by atoms with Crippen molar-refractivity contribution in [3.63, 3.8) is 0 Å². The first-order valence-electron chi connectivity index (χ1n) is 7.62. The lowest BCUT2D eigenvalue weighted by atomic mass is 9.83. The number of halogens is 3. The van der Waals surface area contributed by atoms with Crippen LogP contribution < -0.4 is 0 Å². The lowest BCUT2D eigenvalue weighted by Gasteiger charge is -2.24. The zero-order valence-corrected chi connectivity index (χ0v) is 14.1. The smallest absolute Gasteiger partial charge is 0.399 e. The number of alkyl halides is 3. The molecule has 0 atom stereocenters. The molecule has 0 spiro atoms. The van der Waals surface area contributed by atoms with Crippen LogP contribution in [0.3, 0.4) is 0 Å². The van der Waals surface area contributed by atoms with Crippen LogP contribution in [0.1, 0.15) is 58.5 Å². The first kappa shape index (κ1) is 21.4. The van der Waals surface area contributed by atoms with Crippen LogP contribution in [0.15, 0.2) is 36.4 Å². The highest BCUT2D eigenvalue weighted by Crippen LogP contribution is 2.43. The van der Waals surface area contributed by atoms with Gasteiger partial charge in [-0.2, -0.15) is 13.2 Å². The van der Waals surface area contributed by atoms with E-state index in [2.05, 4.69) is 0 Å². The number of aromatic carboxylic acids is 4. The van der Waals surface area contributed by atoms with Crippen molar-refractivity contribution in [2.24, 2.45) is 0 Å². The topological polar surface area (TPSA) is 149 Å². The standard InChI is InChI=1S/C18H11F3O8/c19-18(20,21)13(9-3-1-7(14(22)23)5-11(9)16(26)27)10-4-2-8(15(24)25)6-12(10)17(28)29/h1-6,13H,(H,22,23)(H,24,25)(H,26,27)(H,28,29). The van der Waals surface area contributed by atoms with Gasteiger partial charge < -0.3 is 20.4 Å². The predicted octanol–water partition coefficient (Wildman–Crippen LogP) is 3.17. The molecule has 0 aliphatic carbocycles. The Labute approximate surface area is 159 Å². The molecule has 4 N–H and O–H groups in total. The molecule has 0 radical (unpaired) electrons. The normalized spacial score (nSPS) is 11.3. The van der Waals surface area contributed by atoms with Gasteiger partial charge in [0.2, 0.25) is 0 Å². The van der Waals surface area contributed by atoms with Crippen molar-refractivity contribution in [3.8, 4) is 0 Å². The Morgan fingerprint density at radius 2 is 1.00 bits per heavy atom. The molecule has 0 aromatic heterocycles. The first-order chi connectivity index (χ1) is 13.3. The molecule has 29 heavy (non-hydrogen) atoms. The second kappa shape index (κ2) is 7.62. The summed E-state index contributed by atoms with van der Waals surface area (Å²) in [5, 5.41) is 36.4. The van der Waals surface area contributed by atoms with Crippen molar-refractivity contribution in [2.45, 2.75) is 12.1 Å². The van der Waals surface area contributed by atoms with Gasteiger partial charge in [-0.15, -0.1) is 0 Å². The fourth-order valence-corrected chi connectivity index (χ4v) is 2.77. The maximum Gasteiger partial charge on any atom is 0.399 e. The molecule has 152 valence electrons. The highest BCUT2D eigenvalue weighted by atomic mass is 19.4. The Hall–Kier alpha value is -3.89. The minimum absolute atomic E-state index is 0.533. The molecule has 0 heterocycles. The van der Waals surface area contributed by atoms with Crippen LogP contribution in [0, 0.1) is 0 Å². The molecule has 0 aliphatic heterocycles. The van der Waals surface area contributed by atoms with E-state index in [1.807, 2.05) is 0 Å². The van der Waals surface area contributed by atoms with Gasteiger partial charge in [0.1, 0.15) is 5.92 Å². The van der Waals surface area contributed by atoms with Gasteiger partial charge in [-0.05, 0) is 35.4 Å². The van der Waals surface area contributed by atoms with Crippen LogP contribution in [0.25, 0.3) is 0 Å². The van der Waals surface area contributed by atoms with Gasteiger partial charge in [-0.25, -0.2) is 19.2 Å². The summed E-state index contributed by atoms with van der Waals surface area (Å²) in [7, 11) is 0. The number of carboxylic acid groups (broad SMARTS) is 4. The van der Waals surface area contributed by atoms with Gasteiger partial charge >= 0.3 is 30.1 Å². The summed E-state index contributed by atoms with van der Waals surface area (Å²) in [5.41, 5.74) is -4.89. The van der Waals surface area contributed by atoms with E-state index in [1.54, 1.807) is 0 Å². The molecule has 11 heteroatoms. The summed E-state index contributed by atoms with van der Waals surface area (Å²) < 4.78 is 41.6. The Kier molecular flexibility index (Phi) is 5.63. The number of hydrogen-bond donors (Lipinski definition) is 4. The summed E-state index contributed by atoms with van der Waals surface area (Å²) in [4.78, 5) is 45.0. The van der Waals surface area contributed by atoms with Crippen LogP contribution in [-0.4, -0.2) is 50.5 Å². The maximum atomic E-state index is 13.9. The predicted molar refractivity (Wildman–Crippen MR) is 88.6 cm³/mol. The molecular formula is C18H11F3O8. The molecule has 0 aliphatic rings. The molecule has 2 aromatic carbocycles. The van der Waals surface area contributed by atoms with E-state index < -0.39 is 69.4 Å². The van der Waals surface area contributed by atoms with Crippen LogP contribution in [0.4, 0.5) is 13.2 Å². The van der Waals surface area contributed by atoms with Crippen LogP contribution in [0.2, 0.25) is 0 Å². The zero-order chi connectivity index (χ0) is 22.1. The van der Waals surface area contributed by atoms with Gasteiger partial charge in [-0.1, -0.05) is 12.1 Å². The van der Waals surface area contributed by atoms with Gasteiger partial charge in [0.25, 0.3) is 0 Å². The van der Waals surface area contributed by atoms with Crippen molar-refractivity contribution in [3.05, 3.63) is 69.8 Å². The third-order valence-corrected chi connectivity index (χ3v) is 4.01. The second-order valence-corrected chi connectivity index (χ2v) is 5.80. The maximum absolute atomic E-state index is 13.9. The molecule has 0 bridgehead atoms. The minimum Gasteiger partial charge on any atom is -0.478 e. The van der Waals surface area contributed by atoms with Crippen LogP contribution in [0.5, 0.6) is 0 Å². The van der Waals surface area contributed by atoms with Crippen LogP contribution in [-0.2, 0) is 0 Å². The highest BCUT2D eigenvalue weighted by molar-refractivity contribution is 5.97. The van der Waals surface area contributed by atoms with E-state index in [-0.39, 0.29) is 0 Å². The zero-order valence-electron chi connectivity index (χ0n) is 14.1. The SMILES string of the molecule is O=C(O)c1ccc(C(c2ccc(C(=O)O)cc2C(=O)O)C(F)(F)F)c(C(=O)O)c1. The molecule has 0 unspecified atom stereocenters. The van der Waals surface area contributed by atoms with Crippen molar-refractivity contribution >= 4 is 23.9 Å². The molecule has 0 fully saturated rings. The summed E-state index contributed by atoms with van der Waals surface area (Å²) in [5.74, 6) is -9.60. The Bertz CT molecular complexity index is 951. The largest absolute Gasteiger partial charge is 0.478 e. The number of hydrogen-bond acceptors (Lipinski definition) is 4. The van der Waals surface area contributed by atoms with Crippen LogP contribution >= 0.6 is 0 Å². The Morgan fingerprint density at radius 3 is 1.24 bits per heavy atom. The van der Waals surface area contributed by atoms with Gasteiger partial charge in [0.15, 0.2) is 0 Å². The highest BCUT2D eigenvalue weighted by Gasteiger charge is 2.45. The molecule has 2 aromatic rings. The van der Waals surface area contributed by atoms with E-state index in [1.165, 1.54) is 0 Å². The molecule has 2 rings (SSSR count). The lowest BCUT2D eigenvalue weighted by molar-refractivity contribution is -0.141. The number of rotatable bonds is 6. The fraction of sp³-hybridized carbons (Fsp3) is 0.111. The van der Waals surface area contributed by atoms with Crippen molar-refractivity contribution < 1.29 is 52.8 Å². The van der Waals surface area contributed by atoms with E-state index in [4.69, 9.17) is 10.2 Å². The average Bonchev–Trinajstić information content (AvgIpc) is 2.60. The van der Waals surface area contributed by atoms with E-state index in [0.29, 0.717) is 24.3 Å². The summed E-state index contributed by atoms with van der Waals surface area (Å²) in [6.45, 7) is 0. The quantitative estimate of drug-likeness (QED) is 0.565. The van der Waals surface area contributed by atoms with E-state index >= 15 is 0 Å². The summed E-state index contributed by atoms with van der Waals surface area (Å²) in [6, 6.07) is 3.86. The van der Waals surface area contributed by atoms with Gasteiger partial charge in [0.05, 0.1) is 22.3 Å². The van der Waals surface area contributed by atoms with Crippen molar-refractivity contribution in [2.75, 3.05) is 0 Å². The van der Waals surface area contributed by atoms with Crippen molar-refractivity contribution in [1.29, 1.82) is 0 Å². The summed E-state index contributed by atoms with van der Waals surface area (Å²) in [6.07, 6.45) is -5.18. The number of benzene rings is 2. The fourth-order valence-electron chi connectivity index (χ4n) is 2.77. The van der Waals surface area contributed by atoms with E-state index in [9.17, 15) is 42.6 Å². The van der Waals surface area contributed by atoms with E-state index in [0.717, 1.165) is 12.1 Å². The molecule has 0 amide bonds. The minimum atomic E-state index is -5.18. The Morgan fingerprint density at radius 1 is 0.655 bits per heavy atom. The molecule has 0 saturated heterocycles. The monoisotopic (exact) mass is 412 g/mol. The molecule has 0 saturated carbocycles. The average molecular weight is 412 g/mol. The number of carboxylic acids is 4. The Balaban J connectivity index is 2.85.